The van der Waals surface area contributed by atoms with Crippen LogP contribution in [-0.4, -0.2) is 0 Å². The summed E-state index contributed by atoms with van der Waals surface area (Å²) in [5.41, 5.74) is 3.37. The first kappa shape index (κ1) is 14.6. The van der Waals surface area contributed by atoms with E-state index in [1.165, 1.54) is 15.3 Å². The molecular formula is C20H18OS. The molecule has 0 aliphatic carbocycles. The van der Waals surface area contributed by atoms with Crippen LogP contribution in [0.4, 0.5) is 0 Å². The summed E-state index contributed by atoms with van der Waals surface area (Å²) >= 11 is 1.80. The van der Waals surface area contributed by atoms with Crippen molar-refractivity contribution in [2.24, 2.45) is 0 Å². The van der Waals surface area contributed by atoms with Gasteiger partial charge in [0.25, 0.3) is 0 Å². The predicted molar refractivity (Wildman–Crippen MR) is 95.4 cm³/mol. The lowest BCUT2D eigenvalue weighted by Gasteiger charge is -2.11. The van der Waals surface area contributed by atoms with Crippen LogP contribution in [0.2, 0.25) is 0 Å². The zero-order valence-corrected chi connectivity index (χ0v) is 13.4. The highest BCUT2D eigenvalue weighted by Gasteiger charge is 2.07. The molecular weight excluding hydrogens is 288 g/mol. The smallest absolute Gasteiger partial charge is 0.127 e. The Morgan fingerprint density at radius 3 is 2.55 bits per heavy atom. The summed E-state index contributed by atoms with van der Waals surface area (Å²) in [5.74, 6) is 0.877. The second-order valence-electron chi connectivity index (χ2n) is 5.14. The number of thiophene rings is 1. The van der Waals surface area contributed by atoms with Gasteiger partial charge in [0, 0.05) is 15.3 Å². The highest BCUT2D eigenvalue weighted by Crippen LogP contribution is 2.32. The number of benzene rings is 2. The van der Waals surface area contributed by atoms with Crippen molar-refractivity contribution in [3.05, 3.63) is 83.2 Å². The van der Waals surface area contributed by atoms with Gasteiger partial charge in [-0.1, -0.05) is 55.1 Å². The number of ether oxygens (including phenoxy) is 1. The maximum atomic E-state index is 6.02. The molecule has 0 fully saturated rings. The molecule has 0 spiro atoms. The molecule has 22 heavy (non-hydrogen) atoms. The van der Waals surface area contributed by atoms with Crippen LogP contribution >= 0.6 is 11.3 Å². The minimum Gasteiger partial charge on any atom is -0.488 e. The molecule has 0 bridgehead atoms. The van der Waals surface area contributed by atoms with Gasteiger partial charge < -0.3 is 4.74 Å². The molecule has 0 aliphatic heterocycles. The van der Waals surface area contributed by atoms with Gasteiger partial charge in [-0.2, -0.15) is 0 Å². The lowest BCUT2D eigenvalue weighted by molar-refractivity contribution is 0.305. The minimum atomic E-state index is 0.564. The fourth-order valence-corrected chi connectivity index (χ4v) is 3.17. The van der Waals surface area contributed by atoms with Crippen molar-refractivity contribution in [2.75, 3.05) is 0 Å². The molecule has 110 valence electrons. The number of aryl methyl sites for hydroxylation is 1. The summed E-state index contributed by atoms with van der Waals surface area (Å²) in [6.45, 7) is 6.56. The Labute approximate surface area is 135 Å². The number of rotatable bonds is 5. The third kappa shape index (κ3) is 3.29. The van der Waals surface area contributed by atoms with Crippen molar-refractivity contribution in [2.45, 2.75) is 13.5 Å². The van der Waals surface area contributed by atoms with Gasteiger partial charge in [-0.05, 0) is 36.2 Å². The fourth-order valence-electron chi connectivity index (χ4n) is 2.31. The van der Waals surface area contributed by atoms with E-state index in [0.29, 0.717) is 6.61 Å². The summed E-state index contributed by atoms with van der Waals surface area (Å²) in [6, 6.07) is 20.8. The summed E-state index contributed by atoms with van der Waals surface area (Å²) in [5, 5.41) is 0. The average Bonchev–Trinajstić information content (AvgIpc) is 3.00. The fraction of sp³-hybridized carbons (Fsp3) is 0.100. The Bertz CT molecular complexity index is 771. The first-order valence-corrected chi connectivity index (χ1v) is 8.08. The first-order valence-electron chi connectivity index (χ1n) is 7.26. The maximum absolute atomic E-state index is 6.02. The van der Waals surface area contributed by atoms with E-state index in [9.17, 15) is 0 Å². The molecule has 0 N–H and O–H groups in total. The molecule has 0 unspecified atom stereocenters. The van der Waals surface area contributed by atoms with Crippen molar-refractivity contribution < 1.29 is 4.74 Å². The molecule has 0 aliphatic rings. The molecule has 2 aromatic carbocycles. The summed E-state index contributed by atoms with van der Waals surface area (Å²) in [4.78, 5) is 2.58. The topological polar surface area (TPSA) is 9.23 Å². The van der Waals surface area contributed by atoms with Crippen LogP contribution in [-0.2, 0) is 6.61 Å². The van der Waals surface area contributed by atoms with Crippen LogP contribution in [0.15, 0.2) is 67.2 Å². The SMILES string of the molecule is C=Cc1ccc(-c2ccc(C)s2)cc1OCc1ccccc1. The van der Waals surface area contributed by atoms with Crippen molar-refractivity contribution in [1.29, 1.82) is 0 Å². The normalized spacial score (nSPS) is 10.4. The monoisotopic (exact) mass is 306 g/mol. The van der Waals surface area contributed by atoms with E-state index in [-0.39, 0.29) is 0 Å². The summed E-state index contributed by atoms with van der Waals surface area (Å²) in [6.07, 6.45) is 1.84. The molecule has 1 aromatic heterocycles. The Hall–Kier alpha value is -2.32. The van der Waals surface area contributed by atoms with E-state index in [2.05, 4.69) is 56.0 Å². The highest BCUT2D eigenvalue weighted by atomic mass is 32.1. The Kier molecular flexibility index (Phi) is 4.40. The molecule has 0 saturated carbocycles. The standard InChI is InChI=1S/C20H18OS/c1-3-17-10-11-18(20-12-9-15(2)22-20)13-19(17)21-14-16-7-5-4-6-8-16/h3-13H,1,14H2,2H3. The predicted octanol–water partition coefficient (Wildman–Crippen LogP) is 5.95. The first-order chi connectivity index (χ1) is 10.8. The largest absolute Gasteiger partial charge is 0.488 e. The van der Waals surface area contributed by atoms with Crippen LogP contribution < -0.4 is 4.74 Å². The highest BCUT2D eigenvalue weighted by molar-refractivity contribution is 7.15. The zero-order chi connectivity index (χ0) is 15.4. The summed E-state index contributed by atoms with van der Waals surface area (Å²) < 4.78 is 6.02. The van der Waals surface area contributed by atoms with E-state index >= 15 is 0 Å². The van der Waals surface area contributed by atoms with Crippen LogP contribution in [0, 0.1) is 6.92 Å². The van der Waals surface area contributed by atoms with Gasteiger partial charge in [0.15, 0.2) is 0 Å². The van der Waals surface area contributed by atoms with Crippen molar-refractivity contribution in [3.8, 4) is 16.2 Å². The van der Waals surface area contributed by atoms with Crippen LogP contribution in [0.1, 0.15) is 16.0 Å². The lowest BCUT2D eigenvalue weighted by Crippen LogP contribution is -1.97. The zero-order valence-electron chi connectivity index (χ0n) is 12.6. The summed E-state index contributed by atoms with van der Waals surface area (Å²) in [7, 11) is 0. The molecule has 1 heterocycles. The van der Waals surface area contributed by atoms with Crippen LogP contribution in [0.5, 0.6) is 5.75 Å². The maximum Gasteiger partial charge on any atom is 0.127 e. The van der Waals surface area contributed by atoms with Crippen molar-refractivity contribution in [1.82, 2.24) is 0 Å². The van der Waals surface area contributed by atoms with Gasteiger partial charge in [-0.25, -0.2) is 0 Å². The van der Waals surface area contributed by atoms with E-state index in [1.807, 2.05) is 24.3 Å². The van der Waals surface area contributed by atoms with E-state index in [1.54, 1.807) is 11.3 Å². The molecule has 3 rings (SSSR count). The number of hydrogen-bond acceptors (Lipinski definition) is 2. The minimum absolute atomic E-state index is 0.564. The quantitative estimate of drug-likeness (QED) is 0.566. The van der Waals surface area contributed by atoms with Gasteiger partial charge in [-0.3, -0.25) is 0 Å². The third-order valence-electron chi connectivity index (χ3n) is 3.50. The van der Waals surface area contributed by atoms with E-state index in [0.717, 1.165) is 16.9 Å². The van der Waals surface area contributed by atoms with E-state index in [4.69, 9.17) is 4.74 Å². The molecule has 0 radical (unpaired) electrons. The van der Waals surface area contributed by atoms with Crippen LogP contribution in [0.25, 0.3) is 16.5 Å². The van der Waals surface area contributed by atoms with Crippen molar-refractivity contribution in [3.63, 3.8) is 0 Å². The van der Waals surface area contributed by atoms with Gasteiger partial charge in [0.1, 0.15) is 12.4 Å². The van der Waals surface area contributed by atoms with Gasteiger partial charge in [-0.15, -0.1) is 11.3 Å². The molecule has 3 aromatic rings. The Morgan fingerprint density at radius 2 is 1.86 bits per heavy atom. The average molecular weight is 306 g/mol. The lowest BCUT2D eigenvalue weighted by atomic mass is 10.1. The van der Waals surface area contributed by atoms with Gasteiger partial charge in [0.05, 0.1) is 0 Å². The molecule has 0 saturated heterocycles. The third-order valence-corrected chi connectivity index (χ3v) is 4.55. The second kappa shape index (κ2) is 6.63. The molecule has 1 nitrogen and oxygen atoms in total. The molecule has 2 heteroatoms. The Balaban J connectivity index is 1.86. The second-order valence-corrected chi connectivity index (χ2v) is 6.43. The van der Waals surface area contributed by atoms with Gasteiger partial charge >= 0.3 is 0 Å². The van der Waals surface area contributed by atoms with Crippen LogP contribution in [0.3, 0.4) is 0 Å². The molecule has 0 amide bonds. The van der Waals surface area contributed by atoms with E-state index < -0.39 is 0 Å². The number of hydrogen-bond donors (Lipinski definition) is 0. The Morgan fingerprint density at radius 1 is 1.05 bits per heavy atom. The van der Waals surface area contributed by atoms with Gasteiger partial charge in [0.2, 0.25) is 0 Å². The van der Waals surface area contributed by atoms with Crippen molar-refractivity contribution >= 4 is 17.4 Å². The molecule has 0 atom stereocenters.